The van der Waals surface area contributed by atoms with Crippen LogP contribution in [-0.2, 0) is 28.5 Å². The Balaban J connectivity index is 2.41. The van der Waals surface area contributed by atoms with Crippen LogP contribution >= 0.6 is 0 Å². The summed E-state index contributed by atoms with van der Waals surface area (Å²) in [6.07, 6.45) is 37.7. The molecule has 1 aliphatic heterocycles. The summed E-state index contributed by atoms with van der Waals surface area (Å²) >= 11 is 0. The van der Waals surface area contributed by atoms with Crippen molar-refractivity contribution in [2.75, 3.05) is 19.8 Å². The van der Waals surface area contributed by atoms with Crippen LogP contribution in [0, 0.1) is 0 Å². The number of ether oxygens (including phenoxy) is 4. The summed E-state index contributed by atoms with van der Waals surface area (Å²) in [5.74, 6) is -0.896. The van der Waals surface area contributed by atoms with E-state index in [4.69, 9.17) is 18.9 Å². The van der Waals surface area contributed by atoms with E-state index in [-0.39, 0.29) is 26.1 Å². The molecule has 0 amide bonds. The van der Waals surface area contributed by atoms with Gasteiger partial charge in [-0.25, -0.2) is 0 Å². The van der Waals surface area contributed by atoms with Gasteiger partial charge in [0.05, 0.1) is 13.2 Å². The van der Waals surface area contributed by atoms with Crippen molar-refractivity contribution in [1.82, 2.24) is 0 Å². The van der Waals surface area contributed by atoms with E-state index in [1.807, 2.05) is 6.08 Å². The first kappa shape index (κ1) is 51.2. The molecule has 10 heteroatoms. The van der Waals surface area contributed by atoms with E-state index in [0.717, 1.165) is 77.0 Å². The summed E-state index contributed by atoms with van der Waals surface area (Å²) in [5.41, 5.74) is 0. The van der Waals surface area contributed by atoms with Crippen molar-refractivity contribution in [1.29, 1.82) is 0 Å². The maximum atomic E-state index is 12.7. The number of carbonyl (C=O) groups is 2. The van der Waals surface area contributed by atoms with Crippen molar-refractivity contribution < 1.29 is 49.0 Å². The lowest BCUT2D eigenvalue weighted by atomic mass is 9.99. The highest BCUT2D eigenvalue weighted by atomic mass is 16.7. The van der Waals surface area contributed by atoms with Crippen molar-refractivity contribution in [3.8, 4) is 0 Å². The molecule has 1 aliphatic rings. The quantitative estimate of drug-likeness (QED) is 0.0283. The first-order valence-electron chi connectivity index (χ1n) is 21.5. The van der Waals surface area contributed by atoms with Gasteiger partial charge in [-0.3, -0.25) is 9.59 Å². The first-order valence-corrected chi connectivity index (χ1v) is 21.5. The Morgan fingerprint density at radius 3 is 1.61 bits per heavy atom. The van der Waals surface area contributed by atoms with Gasteiger partial charge >= 0.3 is 11.9 Å². The third-order valence-electron chi connectivity index (χ3n) is 9.31. The summed E-state index contributed by atoms with van der Waals surface area (Å²) in [6, 6.07) is 0. The molecule has 1 saturated heterocycles. The molecule has 0 aliphatic carbocycles. The molecule has 0 bridgehead atoms. The normalized spacial score (nSPS) is 21.1. The Morgan fingerprint density at radius 2 is 1.04 bits per heavy atom. The van der Waals surface area contributed by atoms with Gasteiger partial charge in [-0.05, 0) is 77.0 Å². The molecular weight excluding hydrogens is 712 g/mol. The molecule has 56 heavy (non-hydrogen) atoms. The van der Waals surface area contributed by atoms with Gasteiger partial charge in [-0.1, -0.05) is 132 Å². The molecule has 0 aromatic heterocycles. The second-order valence-corrected chi connectivity index (χ2v) is 14.4. The molecule has 0 saturated carbocycles. The van der Waals surface area contributed by atoms with Crippen molar-refractivity contribution in [3.05, 3.63) is 72.9 Å². The van der Waals surface area contributed by atoms with Crippen LogP contribution < -0.4 is 0 Å². The summed E-state index contributed by atoms with van der Waals surface area (Å²) in [7, 11) is 0. The highest BCUT2D eigenvalue weighted by Gasteiger charge is 2.44. The van der Waals surface area contributed by atoms with Gasteiger partial charge in [0.15, 0.2) is 12.4 Å². The number of carbonyl (C=O) groups excluding carboxylic acids is 2. The molecule has 0 aromatic rings. The van der Waals surface area contributed by atoms with E-state index in [0.29, 0.717) is 12.8 Å². The van der Waals surface area contributed by atoms with Crippen LogP contribution in [0.2, 0.25) is 0 Å². The average molecular weight is 789 g/mol. The van der Waals surface area contributed by atoms with Gasteiger partial charge in [0.2, 0.25) is 0 Å². The zero-order valence-electron chi connectivity index (χ0n) is 34.6. The third-order valence-corrected chi connectivity index (χ3v) is 9.31. The second kappa shape index (κ2) is 36.5. The number of rotatable bonds is 34. The lowest BCUT2D eigenvalue weighted by Crippen LogP contribution is -2.59. The molecular formula is C46H76O10. The fraction of sp³-hybridized carbons (Fsp3) is 0.696. The molecule has 320 valence electrons. The maximum Gasteiger partial charge on any atom is 0.306 e. The van der Waals surface area contributed by atoms with E-state index >= 15 is 0 Å². The van der Waals surface area contributed by atoms with E-state index in [2.05, 4.69) is 80.7 Å². The Hall–Kier alpha value is -2.86. The SMILES string of the molecule is CCCC/C=C/C/C=C/CCCCCCCC(=O)O[C@@H](COC(=O)CCC/C=C/C/C=C/C/C=C/C/C=C/CCCCC)CO[C@H]1O[C@@H](CO)[C@@H](O)C(O)C1O. The fourth-order valence-electron chi connectivity index (χ4n) is 5.84. The smallest absolute Gasteiger partial charge is 0.306 e. The van der Waals surface area contributed by atoms with Crippen LogP contribution in [0.3, 0.4) is 0 Å². The van der Waals surface area contributed by atoms with Crippen LogP contribution in [0.5, 0.6) is 0 Å². The first-order chi connectivity index (χ1) is 27.3. The van der Waals surface area contributed by atoms with Crippen molar-refractivity contribution >= 4 is 11.9 Å². The number of allylic oxidation sites excluding steroid dienone is 12. The lowest BCUT2D eigenvalue weighted by Gasteiger charge is -2.39. The second-order valence-electron chi connectivity index (χ2n) is 14.4. The summed E-state index contributed by atoms with van der Waals surface area (Å²) in [6.45, 7) is 3.26. The zero-order valence-corrected chi connectivity index (χ0v) is 34.6. The molecule has 0 aromatic carbocycles. The summed E-state index contributed by atoms with van der Waals surface area (Å²) in [5, 5.41) is 40.0. The minimum absolute atomic E-state index is 0.193. The van der Waals surface area contributed by atoms with Crippen molar-refractivity contribution in [2.45, 2.75) is 185 Å². The van der Waals surface area contributed by atoms with Crippen LogP contribution in [0.4, 0.5) is 0 Å². The number of hydrogen-bond acceptors (Lipinski definition) is 10. The topological polar surface area (TPSA) is 152 Å². The Morgan fingerprint density at radius 1 is 0.554 bits per heavy atom. The van der Waals surface area contributed by atoms with E-state index in [1.54, 1.807) is 0 Å². The van der Waals surface area contributed by atoms with Crippen LogP contribution in [0.15, 0.2) is 72.9 Å². The van der Waals surface area contributed by atoms with Crippen molar-refractivity contribution in [2.24, 2.45) is 0 Å². The molecule has 1 heterocycles. The van der Waals surface area contributed by atoms with E-state index in [1.165, 1.54) is 32.1 Å². The molecule has 6 atom stereocenters. The molecule has 4 N–H and O–H groups in total. The number of aliphatic hydroxyl groups excluding tert-OH is 4. The van der Waals surface area contributed by atoms with Crippen molar-refractivity contribution in [3.63, 3.8) is 0 Å². The predicted molar refractivity (Wildman–Crippen MR) is 224 cm³/mol. The summed E-state index contributed by atoms with van der Waals surface area (Å²) in [4.78, 5) is 25.3. The van der Waals surface area contributed by atoms with Crippen LogP contribution in [-0.4, -0.2) is 89.0 Å². The molecule has 10 nitrogen and oxygen atoms in total. The number of esters is 2. The monoisotopic (exact) mass is 789 g/mol. The van der Waals surface area contributed by atoms with Gasteiger partial charge in [-0.15, -0.1) is 0 Å². The Kier molecular flexibility index (Phi) is 33.3. The van der Waals surface area contributed by atoms with Gasteiger partial charge < -0.3 is 39.4 Å². The molecule has 0 radical (unpaired) electrons. The molecule has 2 unspecified atom stereocenters. The van der Waals surface area contributed by atoms with E-state index < -0.39 is 55.4 Å². The Labute approximate surface area is 338 Å². The highest BCUT2D eigenvalue weighted by Crippen LogP contribution is 2.22. The largest absolute Gasteiger partial charge is 0.462 e. The standard InChI is InChI=1S/C46H76O10/c1-3-5-7-9-11-13-15-17-19-20-21-23-24-26-28-30-32-34-41(48)53-37-39(38-54-46-45(52)44(51)43(50)40(36-47)56-46)55-42(49)35-33-31-29-27-25-22-18-16-14-12-10-8-6-4-2/h10-13,16-19,21,23,26,28,39-40,43-47,50-52H,3-9,14-15,20,22,24-25,27,29-38H2,1-2H3/b12-10+,13-11+,18-16+,19-17+,23-21+,28-26+/t39-,40-,43+,44?,45?,46-/m0/s1. The van der Waals surface area contributed by atoms with E-state index in [9.17, 15) is 30.0 Å². The molecule has 0 spiro atoms. The lowest BCUT2D eigenvalue weighted by molar-refractivity contribution is -0.305. The van der Waals surface area contributed by atoms with Gasteiger partial charge in [0.1, 0.15) is 31.0 Å². The minimum atomic E-state index is -1.61. The number of hydrogen-bond donors (Lipinski definition) is 4. The third kappa shape index (κ3) is 27.7. The van der Waals surface area contributed by atoms with Gasteiger partial charge in [-0.2, -0.15) is 0 Å². The highest BCUT2D eigenvalue weighted by molar-refractivity contribution is 5.70. The maximum absolute atomic E-state index is 12.7. The zero-order chi connectivity index (χ0) is 40.9. The number of unbranched alkanes of at least 4 members (excludes halogenated alkanes) is 11. The minimum Gasteiger partial charge on any atom is -0.462 e. The predicted octanol–water partition coefficient (Wildman–Crippen LogP) is 8.83. The number of aliphatic hydroxyl groups is 4. The average Bonchev–Trinajstić information content (AvgIpc) is 3.19. The van der Waals surface area contributed by atoms with Crippen LogP contribution in [0.1, 0.15) is 149 Å². The van der Waals surface area contributed by atoms with Crippen LogP contribution in [0.25, 0.3) is 0 Å². The molecule has 1 fully saturated rings. The Bertz CT molecular complexity index is 1140. The van der Waals surface area contributed by atoms with Gasteiger partial charge in [0.25, 0.3) is 0 Å². The molecule has 1 rings (SSSR count). The fourth-order valence-corrected chi connectivity index (χ4v) is 5.84. The summed E-state index contributed by atoms with van der Waals surface area (Å²) < 4.78 is 22.0. The van der Waals surface area contributed by atoms with Gasteiger partial charge in [0, 0.05) is 12.8 Å².